The molecule has 0 spiro atoms. The van der Waals surface area contributed by atoms with E-state index in [1.807, 2.05) is 0 Å². The number of nitrogens with two attached hydrogens (primary N) is 1. The number of unbranched alkanes of at least 4 members (excludes halogenated alkanes) is 18. The number of hydrogen-bond acceptors (Lipinski definition) is 9. The van der Waals surface area contributed by atoms with Crippen molar-refractivity contribution in [3.8, 4) is 0 Å². The lowest BCUT2D eigenvalue weighted by Crippen LogP contribution is -2.34. The van der Waals surface area contributed by atoms with Crippen molar-refractivity contribution in [2.24, 2.45) is 5.73 Å². The number of rotatable bonds is 36. The molecule has 4 N–H and O–H groups in total. The highest BCUT2D eigenvalue weighted by Gasteiger charge is 2.28. The van der Waals surface area contributed by atoms with E-state index in [0.717, 1.165) is 64.2 Å². The summed E-state index contributed by atoms with van der Waals surface area (Å²) in [7, 11) is -4.71. The second-order valence-corrected chi connectivity index (χ2v) is 14.5. The molecule has 0 bridgehead atoms. The molecule has 0 aliphatic heterocycles. The summed E-state index contributed by atoms with van der Waals surface area (Å²) in [5.74, 6) is -2.39. The molecule has 0 heterocycles. The molecule has 0 aromatic carbocycles. The molecule has 292 valence electrons. The van der Waals surface area contributed by atoms with Crippen LogP contribution in [0.4, 0.5) is 0 Å². The van der Waals surface area contributed by atoms with Crippen LogP contribution in [0.1, 0.15) is 168 Å². The fourth-order valence-corrected chi connectivity index (χ4v) is 5.86. The third-order valence-corrected chi connectivity index (χ3v) is 9.15. The van der Waals surface area contributed by atoms with Crippen LogP contribution in [-0.4, -0.2) is 59.9 Å². The van der Waals surface area contributed by atoms with Crippen LogP contribution in [0.2, 0.25) is 0 Å². The van der Waals surface area contributed by atoms with E-state index in [4.69, 9.17) is 24.8 Å². The van der Waals surface area contributed by atoms with E-state index in [0.29, 0.717) is 12.8 Å². The standard InChI is InChI=1S/C38H70NO10P/c1-3-5-7-9-11-13-15-17-18-20-22-24-26-28-30-37(41)49-34(32-47-50(44,45)48-33-35(39)38(42)43)31-46-36(40)29-27-25-23-21-19-16-14-12-10-8-6-4-2/h9,11,15,17,34-35H,3-8,10,12-14,16,18-33,39H2,1-2H3,(H,42,43)(H,44,45)/b11-9-,17-15-/t34-,35+/m1/s1. The van der Waals surface area contributed by atoms with Gasteiger partial charge >= 0.3 is 25.7 Å². The maximum Gasteiger partial charge on any atom is 0.472 e. The molecule has 3 atom stereocenters. The molecule has 0 fully saturated rings. The van der Waals surface area contributed by atoms with Crippen molar-refractivity contribution in [3.63, 3.8) is 0 Å². The molecule has 0 aromatic rings. The van der Waals surface area contributed by atoms with Gasteiger partial charge in [0.2, 0.25) is 0 Å². The second kappa shape index (κ2) is 34.1. The Morgan fingerprint density at radius 1 is 0.620 bits per heavy atom. The van der Waals surface area contributed by atoms with Crippen LogP contribution in [0.5, 0.6) is 0 Å². The molecule has 0 aliphatic rings. The molecule has 0 saturated heterocycles. The Morgan fingerprint density at radius 3 is 1.62 bits per heavy atom. The number of carbonyl (C=O) groups is 3. The van der Waals surface area contributed by atoms with Crippen LogP contribution in [0, 0.1) is 0 Å². The molecule has 50 heavy (non-hydrogen) atoms. The number of aliphatic carboxylic acids is 1. The Bertz CT molecular complexity index is 958. The highest BCUT2D eigenvalue weighted by Crippen LogP contribution is 2.43. The van der Waals surface area contributed by atoms with E-state index in [-0.39, 0.29) is 19.4 Å². The molecule has 0 rings (SSSR count). The Kier molecular flexibility index (Phi) is 32.7. The number of ether oxygens (including phenoxy) is 2. The topological polar surface area (TPSA) is 172 Å². The van der Waals surface area contributed by atoms with E-state index in [2.05, 4.69) is 42.7 Å². The first-order valence-electron chi connectivity index (χ1n) is 19.4. The van der Waals surface area contributed by atoms with E-state index in [1.165, 1.54) is 64.2 Å². The molecular weight excluding hydrogens is 661 g/mol. The number of hydrogen-bond donors (Lipinski definition) is 3. The first-order chi connectivity index (χ1) is 24.1. The number of phosphoric acid groups is 1. The van der Waals surface area contributed by atoms with E-state index < -0.39 is 51.1 Å². The smallest absolute Gasteiger partial charge is 0.472 e. The third kappa shape index (κ3) is 33.1. The van der Waals surface area contributed by atoms with Gasteiger partial charge in [0.05, 0.1) is 13.2 Å². The second-order valence-electron chi connectivity index (χ2n) is 13.1. The largest absolute Gasteiger partial charge is 0.480 e. The monoisotopic (exact) mass is 731 g/mol. The van der Waals surface area contributed by atoms with Gasteiger partial charge in [0.15, 0.2) is 6.10 Å². The van der Waals surface area contributed by atoms with Crippen LogP contribution in [0.3, 0.4) is 0 Å². The summed E-state index contributed by atoms with van der Waals surface area (Å²) < 4.78 is 32.5. The Labute approximate surface area is 302 Å². The Balaban J connectivity index is 4.46. The van der Waals surface area contributed by atoms with Gasteiger partial charge in [0, 0.05) is 12.8 Å². The molecule has 0 amide bonds. The van der Waals surface area contributed by atoms with Crippen molar-refractivity contribution in [1.82, 2.24) is 0 Å². The van der Waals surface area contributed by atoms with Gasteiger partial charge < -0.3 is 25.2 Å². The van der Waals surface area contributed by atoms with Crippen LogP contribution in [-0.2, 0) is 37.5 Å². The molecule has 0 radical (unpaired) electrons. The molecule has 0 saturated carbocycles. The summed E-state index contributed by atoms with van der Waals surface area (Å²) in [6.07, 6.45) is 32.4. The summed E-state index contributed by atoms with van der Waals surface area (Å²) in [4.78, 5) is 45.7. The predicted octanol–water partition coefficient (Wildman–Crippen LogP) is 9.50. The zero-order valence-corrected chi connectivity index (χ0v) is 32.1. The van der Waals surface area contributed by atoms with Gasteiger partial charge in [-0.05, 0) is 38.5 Å². The van der Waals surface area contributed by atoms with Gasteiger partial charge in [-0.25, -0.2) is 4.57 Å². The van der Waals surface area contributed by atoms with Crippen molar-refractivity contribution in [2.45, 2.75) is 180 Å². The number of carbonyl (C=O) groups excluding carboxylic acids is 2. The lowest BCUT2D eigenvalue weighted by Gasteiger charge is -2.20. The maximum atomic E-state index is 12.6. The number of carboxylic acid groups (broad SMARTS) is 1. The molecule has 11 nitrogen and oxygen atoms in total. The van der Waals surface area contributed by atoms with Gasteiger partial charge in [-0.2, -0.15) is 0 Å². The fourth-order valence-electron chi connectivity index (χ4n) is 5.08. The van der Waals surface area contributed by atoms with Crippen LogP contribution < -0.4 is 5.73 Å². The van der Waals surface area contributed by atoms with Crippen molar-refractivity contribution < 1.29 is 47.5 Å². The maximum absolute atomic E-state index is 12.6. The molecule has 0 aliphatic carbocycles. The number of phosphoric ester groups is 1. The summed E-state index contributed by atoms with van der Waals surface area (Å²) in [5, 5.41) is 8.85. The minimum atomic E-state index is -4.71. The summed E-state index contributed by atoms with van der Waals surface area (Å²) in [6, 6.07) is -1.52. The van der Waals surface area contributed by atoms with Gasteiger partial charge in [0.25, 0.3) is 0 Å². The highest BCUT2D eigenvalue weighted by atomic mass is 31.2. The predicted molar refractivity (Wildman–Crippen MR) is 199 cm³/mol. The Hall–Kier alpha value is -2.04. The van der Waals surface area contributed by atoms with Crippen molar-refractivity contribution >= 4 is 25.7 Å². The average Bonchev–Trinajstić information content (AvgIpc) is 3.09. The van der Waals surface area contributed by atoms with E-state index in [1.54, 1.807) is 0 Å². The minimum Gasteiger partial charge on any atom is -0.480 e. The van der Waals surface area contributed by atoms with E-state index >= 15 is 0 Å². The van der Waals surface area contributed by atoms with Gasteiger partial charge in [-0.1, -0.05) is 141 Å². The van der Waals surface area contributed by atoms with Crippen molar-refractivity contribution in [3.05, 3.63) is 24.3 Å². The number of esters is 2. The zero-order chi connectivity index (χ0) is 37.1. The van der Waals surface area contributed by atoms with Gasteiger partial charge in [-0.15, -0.1) is 0 Å². The molecule has 1 unspecified atom stereocenters. The third-order valence-electron chi connectivity index (χ3n) is 8.20. The first kappa shape index (κ1) is 48.0. The normalized spacial score (nSPS) is 14.2. The van der Waals surface area contributed by atoms with Gasteiger partial charge in [0.1, 0.15) is 12.6 Å². The van der Waals surface area contributed by atoms with Crippen LogP contribution in [0.15, 0.2) is 24.3 Å². The zero-order valence-electron chi connectivity index (χ0n) is 31.2. The molecule has 12 heteroatoms. The van der Waals surface area contributed by atoms with E-state index in [9.17, 15) is 23.8 Å². The summed E-state index contributed by atoms with van der Waals surface area (Å²) in [5.41, 5.74) is 5.31. The SMILES string of the molecule is CCCC/C=C\C/C=C\CCCCCCCC(=O)O[C@H](COC(=O)CCCCCCCCCCCCCC)COP(=O)(O)OC[C@H](N)C(=O)O. The summed E-state index contributed by atoms with van der Waals surface area (Å²) in [6.45, 7) is 2.73. The lowest BCUT2D eigenvalue weighted by atomic mass is 10.0. The van der Waals surface area contributed by atoms with Gasteiger partial charge in [-0.3, -0.25) is 23.4 Å². The fraction of sp³-hybridized carbons (Fsp3) is 0.816. The highest BCUT2D eigenvalue weighted by molar-refractivity contribution is 7.47. The Morgan fingerprint density at radius 2 is 1.08 bits per heavy atom. The van der Waals surface area contributed by atoms with Crippen LogP contribution >= 0.6 is 7.82 Å². The first-order valence-corrected chi connectivity index (χ1v) is 20.9. The lowest BCUT2D eigenvalue weighted by molar-refractivity contribution is -0.161. The quantitative estimate of drug-likeness (QED) is 0.0242. The number of allylic oxidation sites excluding steroid dienone is 4. The minimum absolute atomic E-state index is 0.147. The summed E-state index contributed by atoms with van der Waals surface area (Å²) >= 11 is 0. The van der Waals surface area contributed by atoms with Crippen LogP contribution in [0.25, 0.3) is 0 Å². The molecular formula is C38H70NO10P. The van der Waals surface area contributed by atoms with Crippen molar-refractivity contribution in [1.29, 1.82) is 0 Å². The molecule has 0 aromatic heterocycles. The number of carboxylic acids is 1. The van der Waals surface area contributed by atoms with Crippen molar-refractivity contribution in [2.75, 3.05) is 19.8 Å². The average molecular weight is 732 g/mol.